The van der Waals surface area contributed by atoms with Crippen molar-refractivity contribution in [3.63, 3.8) is 0 Å². The van der Waals surface area contributed by atoms with Crippen LogP contribution in [0.5, 0.6) is 0 Å². The Kier molecular flexibility index (Phi) is 4.70. The number of nitrogens with zero attached hydrogens (tertiary/aromatic N) is 1. The smallest absolute Gasteiger partial charge is 0.224 e. The van der Waals surface area contributed by atoms with Crippen molar-refractivity contribution >= 4 is 38.4 Å². The molecular weight excluding hydrogens is 292 g/mol. The van der Waals surface area contributed by atoms with Crippen LogP contribution in [0.2, 0.25) is 0 Å². The van der Waals surface area contributed by atoms with Crippen LogP contribution in [0, 0.1) is 0 Å². The monoisotopic (exact) mass is 306 g/mol. The van der Waals surface area contributed by atoms with Gasteiger partial charge in [-0.2, -0.15) is 0 Å². The van der Waals surface area contributed by atoms with Gasteiger partial charge in [0.15, 0.2) is 0 Å². The molecule has 0 spiro atoms. The first-order chi connectivity index (χ1) is 8.81. The van der Waals surface area contributed by atoms with Gasteiger partial charge in [0.25, 0.3) is 0 Å². The minimum Gasteiger partial charge on any atom is -0.325 e. The number of fused-ring (bicyclic) bond motifs is 1. The second-order valence-electron chi connectivity index (χ2n) is 4.07. The predicted octanol–water partition coefficient (Wildman–Crippen LogP) is 3.74. The molecule has 0 aliphatic rings. The molecule has 0 fully saturated rings. The highest BCUT2D eigenvalue weighted by Gasteiger charge is 2.05. The second-order valence-corrected chi connectivity index (χ2v) is 4.86. The van der Waals surface area contributed by atoms with E-state index in [-0.39, 0.29) is 5.91 Å². The fourth-order valence-corrected chi connectivity index (χ4v) is 2.20. The Morgan fingerprint density at radius 1 is 1.22 bits per heavy atom. The molecule has 2 aromatic rings. The average molecular weight is 307 g/mol. The zero-order chi connectivity index (χ0) is 12.8. The highest BCUT2D eigenvalue weighted by molar-refractivity contribution is 9.09. The highest BCUT2D eigenvalue weighted by atomic mass is 79.9. The van der Waals surface area contributed by atoms with Crippen molar-refractivity contribution in [3.05, 3.63) is 36.5 Å². The quantitative estimate of drug-likeness (QED) is 0.675. The molecule has 0 aliphatic carbocycles. The molecule has 18 heavy (non-hydrogen) atoms. The Bertz CT molecular complexity index is 537. The number of anilines is 1. The number of rotatable bonds is 5. The van der Waals surface area contributed by atoms with Gasteiger partial charge < -0.3 is 5.32 Å². The molecule has 0 saturated heterocycles. The molecule has 1 aromatic heterocycles. The third-order valence-electron chi connectivity index (χ3n) is 2.71. The lowest BCUT2D eigenvalue weighted by molar-refractivity contribution is -0.116. The van der Waals surface area contributed by atoms with Crippen LogP contribution < -0.4 is 5.32 Å². The molecular formula is C14H15BrN2O. The van der Waals surface area contributed by atoms with Crippen LogP contribution in [0.15, 0.2) is 36.5 Å². The van der Waals surface area contributed by atoms with E-state index in [1.165, 1.54) is 0 Å². The van der Waals surface area contributed by atoms with Gasteiger partial charge in [-0.3, -0.25) is 9.78 Å². The van der Waals surface area contributed by atoms with E-state index in [0.29, 0.717) is 6.42 Å². The summed E-state index contributed by atoms with van der Waals surface area (Å²) in [5.41, 5.74) is 1.74. The van der Waals surface area contributed by atoms with Gasteiger partial charge in [0.05, 0.1) is 11.2 Å². The Morgan fingerprint density at radius 3 is 2.94 bits per heavy atom. The number of benzene rings is 1. The third kappa shape index (κ3) is 3.29. The summed E-state index contributed by atoms with van der Waals surface area (Å²) >= 11 is 3.36. The van der Waals surface area contributed by atoms with Crippen molar-refractivity contribution in [1.82, 2.24) is 4.98 Å². The summed E-state index contributed by atoms with van der Waals surface area (Å²) in [5.74, 6) is 0.0623. The normalized spacial score (nSPS) is 10.5. The first-order valence-corrected chi connectivity index (χ1v) is 7.13. The van der Waals surface area contributed by atoms with E-state index >= 15 is 0 Å². The van der Waals surface area contributed by atoms with E-state index in [0.717, 1.165) is 34.8 Å². The maximum Gasteiger partial charge on any atom is 0.224 e. The number of unbranched alkanes of at least 4 members (excludes halogenated alkanes) is 1. The molecule has 0 aliphatic heterocycles. The van der Waals surface area contributed by atoms with Crippen molar-refractivity contribution < 1.29 is 4.79 Å². The van der Waals surface area contributed by atoms with E-state index in [2.05, 4.69) is 26.2 Å². The Labute approximate surface area is 115 Å². The molecule has 94 valence electrons. The van der Waals surface area contributed by atoms with Gasteiger partial charge >= 0.3 is 0 Å². The zero-order valence-corrected chi connectivity index (χ0v) is 11.6. The summed E-state index contributed by atoms with van der Waals surface area (Å²) in [6, 6.07) is 9.60. The Hall–Kier alpha value is -1.42. The van der Waals surface area contributed by atoms with Crippen LogP contribution in [-0.4, -0.2) is 16.2 Å². The molecule has 0 unspecified atom stereocenters. The van der Waals surface area contributed by atoms with Crippen molar-refractivity contribution in [2.24, 2.45) is 0 Å². The Morgan fingerprint density at radius 2 is 2.11 bits per heavy atom. The minimum absolute atomic E-state index is 0.0623. The van der Waals surface area contributed by atoms with Gasteiger partial charge in [-0.05, 0) is 37.1 Å². The molecule has 1 N–H and O–H groups in total. The number of alkyl halides is 1. The van der Waals surface area contributed by atoms with Gasteiger partial charge in [-0.15, -0.1) is 0 Å². The topological polar surface area (TPSA) is 42.0 Å². The van der Waals surface area contributed by atoms with E-state index in [4.69, 9.17) is 0 Å². The van der Waals surface area contributed by atoms with Gasteiger partial charge in [0.1, 0.15) is 0 Å². The number of amides is 1. The van der Waals surface area contributed by atoms with Crippen molar-refractivity contribution in [2.45, 2.75) is 19.3 Å². The molecule has 0 bridgehead atoms. The first-order valence-electron chi connectivity index (χ1n) is 6.01. The standard InChI is InChI=1S/C14H15BrN2O/c15-9-2-1-8-14(18)17-13-7-3-6-12-11(13)5-4-10-16-12/h3-7,10H,1-2,8-9H2,(H,17,18). The summed E-state index contributed by atoms with van der Waals surface area (Å²) < 4.78 is 0. The first kappa shape index (κ1) is 13.0. The van der Waals surface area contributed by atoms with Crippen molar-refractivity contribution in [1.29, 1.82) is 0 Å². The van der Waals surface area contributed by atoms with Gasteiger partial charge in [0, 0.05) is 23.3 Å². The molecule has 1 heterocycles. The van der Waals surface area contributed by atoms with Crippen molar-refractivity contribution in [3.8, 4) is 0 Å². The molecule has 0 atom stereocenters. The van der Waals surface area contributed by atoms with Crippen LogP contribution in [0.25, 0.3) is 10.9 Å². The number of hydrogen-bond donors (Lipinski definition) is 1. The number of nitrogens with one attached hydrogen (secondary N) is 1. The number of halogens is 1. The van der Waals surface area contributed by atoms with E-state index in [1.54, 1.807) is 6.20 Å². The molecule has 4 heteroatoms. The van der Waals surface area contributed by atoms with E-state index < -0.39 is 0 Å². The molecule has 1 aromatic carbocycles. The summed E-state index contributed by atoms with van der Waals surface area (Å²) in [5, 5.41) is 4.87. The lowest BCUT2D eigenvalue weighted by Crippen LogP contribution is -2.11. The SMILES string of the molecule is O=C(CCCCBr)Nc1cccc2ncccc12. The number of carbonyl (C=O) groups is 1. The van der Waals surface area contributed by atoms with Crippen molar-refractivity contribution in [2.75, 3.05) is 10.6 Å². The summed E-state index contributed by atoms with van der Waals surface area (Å²) in [6.07, 6.45) is 4.23. The van der Waals surface area contributed by atoms with E-state index in [9.17, 15) is 4.79 Å². The summed E-state index contributed by atoms with van der Waals surface area (Å²) in [6.45, 7) is 0. The zero-order valence-electron chi connectivity index (χ0n) is 10.0. The van der Waals surface area contributed by atoms with Gasteiger partial charge in [-0.1, -0.05) is 22.0 Å². The predicted molar refractivity (Wildman–Crippen MR) is 78.0 cm³/mol. The fraction of sp³-hybridized carbons (Fsp3) is 0.286. The lowest BCUT2D eigenvalue weighted by Gasteiger charge is -2.07. The largest absolute Gasteiger partial charge is 0.325 e. The third-order valence-corrected chi connectivity index (χ3v) is 3.27. The molecule has 0 radical (unpaired) electrons. The number of carbonyl (C=O) groups excluding carboxylic acids is 1. The Balaban J connectivity index is 2.09. The summed E-state index contributed by atoms with van der Waals surface area (Å²) in [4.78, 5) is 16.1. The molecule has 0 saturated carbocycles. The van der Waals surface area contributed by atoms with Crippen LogP contribution >= 0.6 is 15.9 Å². The highest BCUT2D eigenvalue weighted by Crippen LogP contribution is 2.21. The maximum absolute atomic E-state index is 11.8. The number of aromatic nitrogens is 1. The fourth-order valence-electron chi connectivity index (χ4n) is 1.81. The second kappa shape index (κ2) is 6.50. The molecule has 3 nitrogen and oxygen atoms in total. The molecule has 1 amide bonds. The van der Waals surface area contributed by atoms with Gasteiger partial charge in [-0.25, -0.2) is 0 Å². The lowest BCUT2D eigenvalue weighted by atomic mass is 10.1. The van der Waals surface area contributed by atoms with Gasteiger partial charge in [0.2, 0.25) is 5.91 Å². The molecule has 2 rings (SSSR count). The maximum atomic E-state index is 11.8. The summed E-state index contributed by atoms with van der Waals surface area (Å²) in [7, 11) is 0. The van der Waals surface area contributed by atoms with Crippen LogP contribution in [-0.2, 0) is 4.79 Å². The van der Waals surface area contributed by atoms with Crippen LogP contribution in [0.3, 0.4) is 0 Å². The van der Waals surface area contributed by atoms with E-state index in [1.807, 2.05) is 30.3 Å². The average Bonchev–Trinajstić information content (AvgIpc) is 2.39. The minimum atomic E-state index is 0.0623. The number of hydrogen-bond acceptors (Lipinski definition) is 2. The van der Waals surface area contributed by atoms with Crippen LogP contribution in [0.1, 0.15) is 19.3 Å². The number of pyridine rings is 1. The van der Waals surface area contributed by atoms with Crippen LogP contribution in [0.4, 0.5) is 5.69 Å².